The van der Waals surface area contributed by atoms with E-state index in [1.807, 2.05) is 13.8 Å². The van der Waals surface area contributed by atoms with Crippen LogP contribution in [0.15, 0.2) is 18.2 Å². The van der Waals surface area contributed by atoms with Gasteiger partial charge in [0.25, 0.3) is 0 Å². The van der Waals surface area contributed by atoms with Crippen molar-refractivity contribution in [1.82, 2.24) is 0 Å². The minimum Gasteiger partial charge on any atom is -0.497 e. The van der Waals surface area contributed by atoms with E-state index in [-0.39, 0.29) is 11.8 Å². The van der Waals surface area contributed by atoms with Gasteiger partial charge in [-0.15, -0.1) is 0 Å². The van der Waals surface area contributed by atoms with Crippen LogP contribution in [0.5, 0.6) is 11.5 Å². The van der Waals surface area contributed by atoms with Crippen LogP contribution >= 0.6 is 0 Å². The van der Waals surface area contributed by atoms with E-state index in [9.17, 15) is 4.79 Å². The number of nitrogens with two attached hydrogens (primary N) is 1. The molecule has 1 aromatic carbocycles. The smallest absolute Gasteiger partial charge is 0.241 e. The Morgan fingerprint density at radius 3 is 2.21 bits per heavy atom. The van der Waals surface area contributed by atoms with E-state index in [0.29, 0.717) is 17.2 Å². The molecule has 0 saturated carbocycles. The van der Waals surface area contributed by atoms with E-state index in [0.717, 1.165) is 6.42 Å². The van der Waals surface area contributed by atoms with Crippen LogP contribution < -0.4 is 20.5 Å². The molecular weight excluding hydrogens is 244 g/mol. The number of carbonyl (C=O) groups is 1. The number of benzene rings is 1. The lowest BCUT2D eigenvalue weighted by Crippen LogP contribution is -2.40. The van der Waals surface area contributed by atoms with Gasteiger partial charge in [0.15, 0.2) is 0 Å². The maximum atomic E-state index is 12.0. The van der Waals surface area contributed by atoms with Crippen molar-refractivity contribution in [3.8, 4) is 11.5 Å². The zero-order valence-electron chi connectivity index (χ0n) is 11.9. The summed E-state index contributed by atoms with van der Waals surface area (Å²) in [6.45, 7) is 3.96. The number of nitrogens with one attached hydrogen (secondary N) is 1. The third-order valence-corrected chi connectivity index (χ3v) is 3.18. The summed E-state index contributed by atoms with van der Waals surface area (Å²) in [5.41, 5.74) is 6.50. The first-order valence-corrected chi connectivity index (χ1v) is 6.31. The second-order valence-electron chi connectivity index (χ2n) is 4.50. The van der Waals surface area contributed by atoms with Gasteiger partial charge in [0, 0.05) is 23.9 Å². The zero-order chi connectivity index (χ0) is 14.4. The van der Waals surface area contributed by atoms with Gasteiger partial charge in [-0.1, -0.05) is 20.3 Å². The highest BCUT2D eigenvalue weighted by Gasteiger charge is 2.19. The van der Waals surface area contributed by atoms with Crippen molar-refractivity contribution in [3.63, 3.8) is 0 Å². The zero-order valence-corrected chi connectivity index (χ0v) is 11.9. The molecule has 3 N–H and O–H groups in total. The van der Waals surface area contributed by atoms with Crippen LogP contribution in [0.1, 0.15) is 20.3 Å². The molecule has 106 valence electrons. The summed E-state index contributed by atoms with van der Waals surface area (Å²) < 4.78 is 10.3. The standard InChI is InChI=1S/C14H22N2O3/c1-5-9(2)13(15)14(17)16-10-6-11(18-3)8-12(7-10)19-4/h6-9,13H,5,15H2,1-4H3,(H,16,17)/t9?,13-/m0/s1. The summed E-state index contributed by atoms with van der Waals surface area (Å²) in [7, 11) is 3.12. The lowest BCUT2D eigenvalue weighted by molar-refractivity contribution is -0.118. The van der Waals surface area contributed by atoms with Crippen molar-refractivity contribution in [1.29, 1.82) is 0 Å². The Labute approximate surface area is 114 Å². The van der Waals surface area contributed by atoms with Gasteiger partial charge in [-0.2, -0.15) is 0 Å². The normalized spacial score (nSPS) is 13.5. The van der Waals surface area contributed by atoms with Gasteiger partial charge >= 0.3 is 0 Å². The topological polar surface area (TPSA) is 73.6 Å². The third-order valence-electron chi connectivity index (χ3n) is 3.18. The predicted octanol–water partition coefficient (Wildman–Crippen LogP) is 2.02. The lowest BCUT2D eigenvalue weighted by atomic mass is 9.99. The Morgan fingerprint density at radius 2 is 1.79 bits per heavy atom. The van der Waals surface area contributed by atoms with Gasteiger partial charge in [0.05, 0.1) is 20.3 Å². The molecule has 0 aromatic heterocycles. The molecule has 5 heteroatoms. The quantitative estimate of drug-likeness (QED) is 0.826. The number of anilines is 1. The van der Waals surface area contributed by atoms with Crippen molar-refractivity contribution in [3.05, 3.63) is 18.2 Å². The Kier molecular flexibility index (Phi) is 5.63. The van der Waals surface area contributed by atoms with Gasteiger partial charge in [-0.25, -0.2) is 0 Å². The highest BCUT2D eigenvalue weighted by molar-refractivity contribution is 5.95. The first-order valence-electron chi connectivity index (χ1n) is 6.31. The molecule has 5 nitrogen and oxygen atoms in total. The van der Waals surface area contributed by atoms with Crippen LogP contribution in [0.2, 0.25) is 0 Å². The average molecular weight is 266 g/mol. The number of amides is 1. The Morgan fingerprint density at radius 1 is 1.26 bits per heavy atom. The minimum absolute atomic E-state index is 0.132. The van der Waals surface area contributed by atoms with Gasteiger partial charge in [-0.3, -0.25) is 4.79 Å². The van der Waals surface area contributed by atoms with E-state index in [1.165, 1.54) is 0 Å². The number of rotatable bonds is 6. The molecule has 1 amide bonds. The fraction of sp³-hybridized carbons (Fsp3) is 0.500. The molecular formula is C14H22N2O3. The average Bonchev–Trinajstić information content (AvgIpc) is 2.44. The van der Waals surface area contributed by atoms with Crippen LogP contribution in [-0.4, -0.2) is 26.2 Å². The highest BCUT2D eigenvalue weighted by Crippen LogP contribution is 2.26. The van der Waals surface area contributed by atoms with Crippen LogP contribution in [0.4, 0.5) is 5.69 Å². The molecule has 19 heavy (non-hydrogen) atoms. The number of carbonyl (C=O) groups excluding carboxylic acids is 1. The van der Waals surface area contributed by atoms with Crippen LogP contribution in [0, 0.1) is 5.92 Å². The molecule has 0 radical (unpaired) electrons. The summed E-state index contributed by atoms with van der Waals surface area (Å²) >= 11 is 0. The maximum absolute atomic E-state index is 12.0. The van der Waals surface area contributed by atoms with Gasteiger partial charge in [0.2, 0.25) is 5.91 Å². The number of methoxy groups -OCH3 is 2. The van der Waals surface area contributed by atoms with Crippen molar-refractivity contribution in [2.75, 3.05) is 19.5 Å². The molecule has 0 aliphatic heterocycles. The van der Waals surface area contributed by atoms with Crippen LogP contribution in [0.25, 0.3) is 0 Å². The third kappa shape index (κ3) is 4.13. The van der Waals surface area contributed by atoms with E-state index in [4.69, 9.17) is 15.2 Å². The number of hydrogen-bond donors (Lipinski definition) is 2. The number of ether oxygens (including phenoxy) is 2. The Balaban J connectivity index is 2.84. The van der Waals surface area contributed by atoms with E-state index < -0.39 is 6.04 Å². The molecule has 0 saturated heterocycles. The first kappa shape index (κ1) is 15.3. The van der Waals surface area contributed by atoms with Crippen molar-refractivity contribution < 1.29 is 14.3 Å². The fourth-order valence-corrected chi connectivity index (χ4v) is 1.62. The molecule has 2 atom stereocenters. The van der Waals surface area contributed by atoms with Gasteiger partial charge in [-0.05, 0) is 5.92 Å². The summed E-state index contributed by atoms with van der Waals surface area (Å²) in [5.74, 6) is 1.16. The summed E-state index contributed by atoms with van der Waals surface area (Å²) in [5, 5.41) is 2.78. The van der Waals surface area contributed by atoms with Crippen molar-refractivity contribution >= 4 is 11.6 Å². The molecule has 0 spiro atoms. The van der Waals surface area contributed by atoms with Gasteiger partial charge < -0.3 is 20.5 Å². The van der Waals surface area contributed by atoms with Crippen molar-refractivity contribution in [2.45, 2.75) is 26.3 Å². The predicted molar refractivity (Wildman–Crippen MR) is 75.6 cm³/mol. The molecule has 0 aliphatic rings. The molecule has 0 heterocycles. The van der Waals surface area contributed by atoms with E-state index >= 15 is 0 Å². The second-order valence-corrected chi connectivity index (χ2v) is 4.50. The summed E-state index contributed by atoms with van der Waals surface area (Å²) in [6.07, 6.45) is 0.857. The van der Waals surface area contributed by atoms with Gasteiger partial charge in [0.1, 0.15) is 11.5 Å². The molecule has 1 aromatic rings. The van der Waals surface area contributed by atoms with E-state index in [1.54, 1.807) is 32.4 Å². The summed E-state index contributed by atoms with van der Waals surface area (Å²) in [6, 6.07) is 4.67. The molecule has 0 bridgehead atoms. The number of hydrogen-bond acceptors (Lipinski definition) is 4. The Bertz CT molecular complexity index is 412. The Hall–Kier alpha value is -1.75. The molecule has 0 fully saturated rings. The minimum atomic E-state index is -0.526. The molecule has 1 unspecified atom stereocenters. The molecule has 1 rings (SSSR count). The van der Waals surface area contributed by atoms with Crippen molar-refractivity contribution in [2.24, 2.45) is 11.7 Å². The van der Waals surface area contributed by atoms with Crippen LogP contribution in [0.3, 0.4) is 0 Å². The monoisotopic (exact) mass is 266 g/mol. The SMILES string of the molecule is CCC(C)[C@H](N)C(=O)Nc1cc(OC)cc(OC)c1. The lowest BCUT2D eigenvalue weighted by Gasteiger charge is -2.18. The second kappa shape index (κ2) is 6.99. The van der Waals surface area contributed by atoms with E-state index in [2.05, 4.69) is 5.32 Å². The largest absolute Gasteiger partial charge is 0.497 e. The highest BCUT2D eigenvalue weighted by atomic mass is 16.5. The fourth-order valence-electron chi connectivity index (χ4n) is 1.62. The van der Waals surface area contributed by atoms with Crippen LogP contribution in [-0.2, 0) is 4.79 Å². The molecule has 0 aliphatic carbocycles. The maximum Gasteiger partial charge on any atom is 0.241 e. The first-order chi connectivity index (χ1) is 9.01. The summed E-state index contributed by atoms with van der Waals surface area (Å²) in [4.78, 5) is 12.0.